The molecule has 0 aromatic heterocycles. The van der Waals surface area contributed by atoms with Crippen molar-refractivity contribution in [3.8, 4) is 11.8 Å². The van der Waals surface area contributed by atoms with Crippen molar-refractivity contribution >= 4 is 5.91 Å². The van der Waals surface area contributed by atoms with Crippen molar-refractivity contribution in [1.82, 2.24) is 5.32 Å². The Labute approximate surface area is 127 Å². The molecule has 3 nitrogen and oxygen atoms in total. The summed E-state index contributed by atoms with van der Waals surface area (Å²) in [5.41, 5.74) is 2.39. The Morgan fingerprint density at radius 1 is 1.38 bits per heavy atom. The van der Waals surface area contributed by atoms with E-state index < -0.39 is 0 Å². The van der Waals surface area contributed by atoms with Crippen molar-refractivity contribution in [2.75, 3.05) is 6.61 Å². The molecule has 0 aliphatic carbocycles. The maximum Gasteiger partial charge on any atom is 0.251 e. The summed E-state index contributed by atoms with van der Waals surface area (Å²) in [7, 11) is 0. The normalized spacial score (nSPS) is 13.0. The molecule has 0 radical (unpaired) electrons. The zero-order valence-electron chi connectivity index (χ0n) is 13.4. The van der Waals surface area contributed by atoms with Crippen molar-refractivity contribution in [1.29, 1.82) is 0 Å². The Morgan fingerprint density at radius 3 is 2.71 bits per heavy atom. The molecule has 1 aromatic rings. The van der Waals surface area contributed by atoms with E-state index in [9.17, 15) is 4.79 Å². The number of nitrogens with one attached hydrogen (secondary N) is 1. The van der Waals surface area contributed by atoms with Crippen LogP contribution >= 0.6 is 0 Å². The van der Waals surface area contributed by atoms with Crippen LogP contribution in [0.2, 0.25) is 0 Å². The highest BCUT2D eigenvalue weighted by atomic mass is 16.2. The first-order valence-corrected chi connectivity index (χ1v) is 7.49. The summed E-state index contributed by atoms with van der Waals surface area (Å²) in [6.45, 7) is 8.14. The maximum atomic E-state index is 12.3. The van der Waals surface area contributed by atoms with Gasteiger partial charge < -0.3 is 10.4 Å². The highest BCUT2D eigenvalue weighted by molar-refractivity contribution is 5.94. The number of carbonyl (C=O) groups excluding carboxylic acids is 1. The van der Waals surface area contributed by atoms with Crippen LogP contribution in [0.4, 0.5) is 0 Å². The van der Waals surface area contributed by atoms with Crippen molar-refractivity contribution in [2.45, 2.75) is 46.6 Å². The second-order valence-electron chi connectivity index (χ2n) is 5.61. The second-order valence-corrected chi connectivity index (χ2v) is 5.61. The lowest BCUT2D eigenvalue weighted by atomic mass is 10.00. The lowest BCUT2D eigenvalue weighted by molar-refractivity contribution is 0.0935. The molecular formula is C18H25NO2. The molecule has 3 heteroatoms. The van der Waals surface area contributed by atoms with E-state index in [2.05, 4.69) is 31.0 Å². The number of hydrogen-bond donors (Lipinski definition) is 2. The van der Waals surface area contributed by atoms with Crippen LogP contribution in [0.15, 0.2) is 18.2 Å². The first kappa shape index (κ1) is 17.3. The summed E-state index contributed by atoms with van der Waals surface area (Å²) in [4.78, 5) is 12.3. The van der Waals surface area contributed by atoms with Gasteiger partial charge in [0.25, 0.3) is 5.91 Å². The van der Waals surface area contributed by atoms with E-state index in [-0.39, 0.29) is 18.6 Å². The van der Waals surface area contributed by atoms with E-state index in [1.54, 1.807) is 6.07 Å². The SMILES string of the molecule is CCC(C)CC(C)NC(=O)c1ccc(C)c(C#CCO)c1. The average molecular weight is 287 g/mol. The van der Waals surface area contributed by atoms with Crippen LogP contribution in [-0.2, 0) is 0 Å². The molecular weight excluding hydrogens is 262 g/mol. The topological polar surface area (TPSA) is 49.3 Å². The molecule has 0 aliphatic heterocycles. The molecule has 0 saturated heterocycles. The Morgan fingerprint density at radius 2 is 2.10 bits per heavy atom. The molecule has 2 unspecified atom stereocenters. The van der Waals surface area contributed by atoms with Crippen LogP contribution in [0.5, 0.6) is 0 Å². The van der Waals surface area contributed by atoms with Crippen LogP contribution < -0.4 is 5.32 Å². The Hall–Kier alpha value is -1.79. The van der Waals surface area contributed by atoms with Crippen molar-refractivity contribution in [3.63, 3.8) is 0 Å². The van der Waals surface area contributed by atoms with Gasteiger partial charge in [-0.1, -0.05) is 38.2 Å². The predicted molar refractivity (Wildman–Crippen MR) is 86.1 cm³/mol. The Balaban J connectivity index is 2.78. The highest BCUT2D eigenvalue weighted by Gasteiger charge is 2.12. The zero-order chi connectivity index (χ0) is 15.8. The van der Waals surface area contributed by atoms with Crippen molar-refractivity contribution in [2.24, 2.45) is 5.92 Å². The number of benzene rings is 1. The molecule has 114 valence electrons. The predicted octanol–water partition coefficient (Wildman–Crippen LogP) is 2.89. The second kappa shape index (κ2) is 8.49. The summed E-state index contributed by atoms with van der Waals surface area (Å²) in [5, 5.41) is 11.8. The Bertz CT molecular complexity index is 540. The molecule has 0 saturated carbocycles. The molecule has 1 amide bonds. The fourth-order valence-corrected chi connectivity index (χ4v) is 2.17. The number of aliphatic hydroxyl groups excluding tert-OH is 1. The van der Waals surface area contributed by atoms with Crippen molar-refractivity contribution in [3.05, 3.63) is 34.9 Å². The fraction of sp³-hybridized carbons (Fsp3) is 0.500. The van der Waals surface area contributed by atoms with Gasteiger partial charge in [-0.15, -0.1) is 0 Å². The minimum absolute atomic E-state index is 0.0714. The number of rotatable bonds is 5. The van der Waals surface area contributed by atoms with Gasteiger partial charge in [-0.05, 0) is 43.9 Å². The number of amides is 1. The lowest BCUT2D eigenvalue weighted by Gasteiger charge is -2.17. The number of carbonyl (C=O) groups is 1. The largest absolute Gasteiger partial charge is 0.384 e. The van der Waals surface area contributed by atoms with Gasteiger partial charge in [0, 0.05) is 17.2 Å². The first-order valence-electron chi connectivity index (χ1n) is 7.49. The molecule has 0 aliphatic rings. The minimum Gasteiger partial charge on any atom is -0.384 e. The molecule has 0 heterocycles. The third-order valence-electron chi connectivity index (χ3n) is 3.63. The summed E-state index contributed by atoms with van der Waals surface area (Å²) in [6, 6.07) is 5.63. The van der Waals surface area contributed by atoms with Crippen LogP contribution in [-0.4, -0.2) is 23.7 Å². The standard InChI is InChI=1S/C18H25NO2/c1-5-13(2)11-15(4)19-18(21)17-9-8-14(3)16(12-17)7-6-10-20/h8-9,12-13,15,20H,5,10-11H2,1-4H3,(H,19,21). The van der Waals surface area contributed by atoms with E-state index >= 15 is 0 Å². The molecule has 1 rings (SSSR count). The number of aliphatic hydroxyl groups is 1. The van der Waals surface area contributed by atoms with Gasteiger partial charge in [0.15, 0.2) is 0 Å². The summed E-state index contributed by atoms with van der Waals surface area (Å²) in [5.74, 6) is 6.02. The van der Waals surface area contributed by atoms with Gasteiger partial charge in [-0.25, -0.2) is 0 Å². The number of aryl methyl sites for hydroxylation is 1. The summed E-state index contributed by atoms with van der Waals surface area (Å²) < 4.78 is 0. The van der Waals surface area contributed by atoms with Crippen LogP contribution in [0.1, 0.15) is 55.1 Å². The van der Waals surface area contributed by atoms with E-state index in [1.807, 2.05) is 26.0 Å². The quantitative estimate of drug-likeness (QED) is 0.818. The van der Waals surface area contributed by atoms with Crippen LogP contribution in [0.25, 0.3) is 0 Å². The van der Waals surface area contributed by atoms with Gasteiger partial charge in [-0.2, -0.15) is 0 Å². The number of hydrogen-bond acceptors (Lipinski definition) is 2. The Kier molecular flexibility index (Phi) is 6.98. The highest BCUT2D eigenvalue weighted by Crippen LogP contribution is 2.12. The van der Waals surface area contributed by atoms with Crippen LogP contribution in [0.3, 0.4) is 0 Å². The summed E-state index contributed by atoms with van der Waals surface area (Å²) in [6.07, 6.45) is 2.09. The molecule has 0 fully saturated rings. The summed E-state index contributed by atoms with van der Waals surface area (Å²) >= 11 is 0. The average Bonchev–Trinajstić information content (AvgIpc) is 2.45. The minimum atomic E-state index is -0.179. The monoisotopic (exact) mass is 287 g/mol. The van der Waals surface area contributed by atoms with Gasteiger partial charge in [-0.3, -0.25) is 4.79 Å². The molecule has 2 atom stereocenters. The van der Waals surface area contributed by atoms with Crippen LogP contribution in [0, 0.1) is 24.7 Å². The smallest absolute Gasteiger partial charge is 0.251 e. The molecule has 1 aromatic carbocycles. The maximum absolute atomic E-state index is 12.3. The van der Waals surface area contributed by atoms with E-state index in [1.165, 1.54) is 0 Å². The molecule has 21 heavy (non-hydrogen) atoms. The third kappa shape index (κ3) is 5.61. The van der Waals surface area contributed by atoms with Gasteiger partial charge in [0.05, 0.1) is 0 Å². The van der Waals surface area contributed by atoms with Gasteiger partial charge in [0.2, 0.25) is 0 Å². The first-order chi connectivity index (χ1) is 9.97. The van der Waals surface area contributed by atoms with E-state index in [4.69, 9.17) is 5.11 Å². The fourth-order valence-electron chi connectivity index (χ4n) is 2.17. The zero-order valence-corrected chi connectivity index (χ0v) is 13.4. The lowest BCUT2D eigenvalue weighted by Crippen LogP contribution is -2.33. The molecule has 2 N–H and O–H groups in total. The van der Waals surface area contributed by atoms with E-state index in [0.717, 1.165) is 24.0 Å². The molecule has 0 bridgehead atoms. The van der Waals surface area contributed by atoms with Gasteiger partial charge >= 0.3 is 0 Å². The van der Waals surface area contributed by atoms with Gasteiger partial charge in [0.1, 0.15) is 6.61 Å². The molecule has 0 spiro atoms. The van der Waals surface area contributed by atoms with E-state index in [0.29, 0.717) is 11.5 Å². The third-order valence-corrected chi connectivity index (χ3v) is 3.63. The van der Waals surface area contributed by atoms with Crippen molar-refractivity contribution < 1.29 is 9.90 Å².